The van der Waals surface area contributed by atoms with Crippen LogP contribution in [0.4, 0.5) is 0 Å². The van der Waals surface area contributed by atoms with E-state index in [4.69, 9.17) is 5.73 Å². The average molecular weight is 211 g/mol. The third-order valence-corrected chi connectivity index (χ3v) is 2.85. The Morgan fingerprint density at radius 3 is 2.73 bits per heavy atom. The summed E-state index contributed by atoms with van der Waals surface area (Å²) in [5.74, 6) is 0.0850. The maximum absolute atomic E-state index is 10.4. The smallest absolute Gasteiger partial charge is 0.107 e. The SMILES string of the molecule is CCCn1cc(C(O)(CN)C(C)C)cn1. The van der Waals surface area contributed by atoms with Crippen molar-refractivity contribution in [1.29, 1.82) is 0 Å². The highest BCUT2D eigenvalue weighted by Gasteiger charge is 2.32. The van der Waals surface area contributed by atoms with Crippen LogP contribution in [0.5, 0.6) is 0 Å². The minimum absolute atomic E-state index is 0.0850. The van der Waals surface area contributed by atoms with Crippen molar-refractivity contribution in [3.05, 3.63) is 18.0 Å². The van der Waals surface area contributed by atoms with Gasteiger partial charge in [0.1, 0.15) is 5.60 Å². The van der Waals surface area contributed by atoms with E-state index in [0.29, 0.717) is 0 Å². The largest absolute Gasteiger partial charge is 0.383 e. The number of rotatable bonds is 5. The fourth-order valence-corrected chi connectivity index (χ4v) is 1.63. The average Bonchev–Trinajstić information content (AvgIpc) is 2.66. The van der Waals surface area contributed by atoms with Crippen molar-refractivity contribution in [3.8, 4) is 0 Å². The Morgan fingerprint density at radius 1 is 1.60 bits per heavy atom. The second-order valence-corrected chi connectivity index (χ2v) is 4.28. The number of aryl methyl sites for hydroxylation is 1. The summed E-state index contributed by atoms with van der Waals surface area (Å²) >= 11 is 0. The molecule has 4 heteroatoms. The van der Waals surface area contributed by atoms with Gasteiger partial charge in [0, 0.05) is 24.8 Å². The molecule has 0 aliphatic carbocycles. The molecule has 1 rings (SSSR count). The monoisotopic (exact) mass is 211 g/mol. The van der Waals surface area contributed by atoms with Crippen molar-refractivity contribution < 1.29 is 5.11 Å². The molecule has 0 aliphatic heterocycles. The van der Waals surface area contributed by atoms with E-state index in [1.807, 2.05) is 24.7 Å². The standard InChI is InChI=1S/C11H21N3O/c1-4-5-14-7-10(6-13-14)11(15,8-12)9(2)3/h6-7,9,15H,4-5,8,12H2,1-3H3. The molecular weight excluding hydrogens is 190 g/mol. The molecule has 0 radical (unpaired) electrons. The van der Waals surface area contributed by atoms with Gasteiger partial charge in [0.15, 0.2) is 0 Å². The lowest BCUT2D eigenvalue weighted by atomic mass is 9.85. The van der Waals surface area contributed by atoms with Crippen molar-refractivity contribution in [1.82, 2.24) is 9.78 Å². The van der Waals surface area contributed by atoms with E-state index in [0.717, 1.165) is 18.5 Å². The van der Waals surface area contributed by atoms with E-state index in [1.165, 1.54) is 0 Å². The number of hydrogen-bond acceptors (Lipinski definition) is 3. The van der Waals surface area contributed by atoms with Gasteiger partial charge >= 0.3 is 0 Å². The highest BCUT2D eigenvalue weighted by Crippen LogP contribution is 2.27. The molecule has 1 aromatic rings. The third-order valence-electron chi connectivity index (χ3n) is 2.85. The van der Waals surface area contributed by atoms with E-state index in [9.17, 15) is 5.11 Å². The molecule has 4 nitrogen and oxygen atoms in total. The second kappa shape index (κ2) is 4.77. The van der Waals surface area contributed by atoms with Crippen molar-refractivity contribution >= 4 is 0 Å². The van der Waals surface area contributed by atoms with E-state index in [-0.39, 0.29) is 12.5 Å². The van der Waals surface area contributed by atoms with Crippen molar-refractivity contribution in [3.63, 3.8) is 0 Å². The first-order valence-electron chi connectivity index (χ1n) is 5.50. The van der Waals surface area contributed by atoms with Crippen LogP contribution in [-0.2, 0) is 12.1 Å². The maximum Gasteiger partial charge on any atom is 0.107 e. The summed E-state index contributed by atoms with van der Waals surface area (Å²) in [5.41, 5.74) is 5.50. The molecule has 0 fully saturated rings. The number of nitrogens with zero attached hydrogens (tertiary/aromatic N) is 2. The molecule has 0 amide bonds. The van der Waals surface area contributed by atoms with Gasteiger partial charge in [-0.1, -0.05) is 20.8 Å². The number of aliphatic hydroxyl groups is 1. The molecule has 0 saturated heterocycles. The molecule has 0 aromatic carbocycles. The van der Waals surface area contributed by atoms with E-state index < -0.39 is 5.60 Å². The molecular formula is C11H21N3O. The minimum atomic E-state index is -0.952. The lowest BCUT2D eigenvalue weighted by Gasteiger charge is -2.29. The predicted octanol–water partition coefficient (Wildman–Crippen LogP) is 1.10. The first kappa shape index (κ1) is 12.2. The fourth-order valence-electron chi connectivity index (χ4n) is 1.63. The molecule has 0 saturated carbocycles. The lowest BCUT2D eigenvalue weighted by molar-refractivity contribution is -0.00122. The summed E-state index contributed by atoms with van der Waals surface area (Å²) in [7, 11) is 0. The zero-order valence-corrected chi connectivity index (χ0v) is 9.77. The lowest BCUT2D eigenvalue weighted by Crippen LogP contribution is -2.39. The Balaban J connectivity index is 2.92. The van der Waals surface area contributed by atoms with Crippen molar-refractivity contribution in [2.75, 3.05) is 6.54 Å². The van der Waals surface area contributed by atoms with E-state index >= 15 is 0 Å². The van der Waals surface area contributed by atoms with Crippen LogP contribution < -0.4 is 5.73 Å². The Morgan fingerprint density at radius 2 is 2.27 bits per heavy atom. The van der Waals surface area contributed by atoms with Crippen LogP contribution in [0.3, 0.4) is 0 Å². The van der Waals surface area contributed by atoms with Crippen molar-refractivity contribution in [2.24, 2.45) is 11.7 Å². The molecule has 1 unspecified atom stereocenters. The van der Waals surface area contributed by atoms with Crippen LogP contribution in [0.1, 0.15) is 32.8 Å². The summed E-state index contributed by atoms with van der Waals surface area (Å²) in [5, 5.41) is 14.6. The van der Waals surface area contributed by atoms with Gasteiger partial charge in [0.05, 0.1) is 6.20 Å². The number of hydrogen-bond donors (Lipinski definition) is 2. The summed E-state index contributed by atoms with van der Waals surface area (Å²) in [4.78, 5) is 0. The normalized spacial score (nSPS) is 15.6. The molecule has 1 heterocycles. The number of nitrogens with two attached hydrogens (primary N) is 1. The van der Waals surface area contributed by atoms with Gasteiger partial charge in [0.2, 0.25) is 0 Å². The molecule has 0 spiro atoms. The summed E-state index contributed by atoms with van der Waals surface area (Å²) < 4.78 is 1.85. The quantitative estimate of drug-likeness (QED) is 0.766. The summed E-state index contributed by atoms with van der Waals surface area (Å²) in [6.45, 7) is 7.12. The molecule has 3 N–H and O–H groups in total. The van der Waals surface area contributed by atoms with Gasteiger partial charge in [0.25, 0.3) is 0 Å². The van der Waals surface area contributed by atoms with Gasteiger partial charge in [-0.05, 0) is 12.3 Å². The predicted molar refractivity (Wildman–Crippen MR) is 60.3 cm³/mol. The second-order valence-electron chi connectivity index (χ2n) is 4.28. The van der Waals surface area contributed by atoms with Crippen LogP contribution in [0, 0.1) is 5.92 Å². The molecule has 86 valence electrons. The molecule has 1 aromatic heterocycles. The van der Waals surface area contributed by atoms with Crippen molar-refractivity contribution in [2.45, 2.75) is 39.3 Å². The Kier molecular flexibility index (Phi) is 3.88. The number of aromatic nitrogens is 2. The van der Waals surface area contributed by atoms with Crippen LogP contribution in [0.2, 0.25) is 0 Å². The fraction of sp³-hybridized carbons (Fsp3) is 0.727. The molecule has 0 bridgehead atoms. The van der Waals surface area contributed by atoms with Gasteiger partial charge in [-0.2, -0.15) is 5.10 Å². The van der Waals surface area contributed by atoms with Crippen LogP contribution in [0.15, 0.2) is 12.4 Å². The van der Waals surface area contributed by atoms with E-state index in [2.05, 4.69) is 12.0 Å². The Bertz CT molecular complexity index is 309. The van der Waals surface area contributed by atoms with Crippen LogP contribution >= 0.6 is 0 Å². The van der Waals surface area contributed by atoms with Crippen LogP contribution in [0.25, 0.3) is 0 Å². The molecule has 1 atom stereocenters. The zero-order chi connectivity index (χ0) is 11.5. The minimum Gasteiger partial charge on any atom is -0.383 e. The highest BCUT2D eigenvalue weighted by atomic mass is 16.3. The maximum atomic E-state index is 10.4. The Hall–Kier alpha value is -0.870. The molecule has 15 heavy (non-hydrogen) atoms. The zero-order valence-electron chi connectivity index (χ0n) is 9.77. The van der Waals surface area contributed by atoms with E-state index in [1.54, 1.807) is 6.20 Å². The summed E-state index contributed by atoms with van der Waals surface area (Å²) in [6, 6.07) is 0. The van der Waals surface area contributed by atoms with Crippen LogP contribution in [-0.4, -0.2) is 21.4 Å². The summed E-state index contributed by atoms with van der Waals surface area (Å²) in [6.07, 6.45) is 4.63. The molecule has 0 aliphatic rings. The first-order chi connectivity index (χ1) is 7.04. The highest BCUT2D eigenvalue weighted by molar-refractivity contribution is 5.16. The Labute approximate surface area is 91.1 Å². The van der Waals surface area contributed by atoms with Gasteiger partial charge in [-0.3, -0.25) is 4.68 Å². The topological polar surface area (TPSA) is 64.1 Å². The van der Waals surface area contributed by atoms with Gasteiger partial charge in [-0.15, -0.1) is 0 Å². The van der Waals surface area contributed by atoms with Gasteiger partial charge < -0.3 is 10.8 Å². The van der Waals surface area contributed by atoms with Gasteiger partial charge in [-0.25, -0.2) is 0 Å². The first-order valence-corrected chi connectivity index (χ1v) is 5.50. The third kappa shape index (κ3) is 2.38.